The van der Waals surface area contributed by atoms with Gasteiger partial charge in [-0.1, -0.05) is 50.2 Å². The average molecular weight is 545 g/mol. The van der Waals surface area contributed by atoms with Crippen LogP contribution in [0.4, 0.5) is 5.69 Å². The van der Waals surface area contributed by atoms with Gasteiger partial charge in [0.25, 0.3) is 5.91 Å². The number of carbonyl (C=O) groups excluding carboxylic acids is 3. The lowest BCUT2D eigenvalue weighted by atomic mass is 10.0. The van der Waals surface area contributed by atoms with Crippen molar-refractivity contribution in [3.63, 3.8) is 0 Å². The third kappa shape index (κ3) is 8.69. The summed E-state index contributed by atoms with van der Waals surface area (Å²) in [7, 11) is 0. The van der Waals surface area contributed by atoms with E-state index >= 15 is 0 Å². The van der Waals surface area contributed by atoms with Crippen molar-refractivity contribution in [2.45, 2.75) is 47.1 Å². The molecule has 0 aliphatic heterocycles. The Balaban J connectivity index is 1.52. The summed E-state index contributed by atoms with van der Waals surface area (Å²) in [6.45, 7) is 10.4. The van der Waals surface area contributed by atoms with Crippen LogP contribution in [0.1, 0.15) is 54.5 Å². The number of hydrazone groups is 1. The molecule has 0 saturated carbocycles. The maximum absolute atomic E-state index is 12.4. The molecule has 0 radical (unpaired) electrons. The summed E-state index contributed by atoms with van der Waals surface area (Å²) in [6, 6.07) is 18.6. The summed E-state index contributed by atoms with van der Waals surface area (Å²) in [5.74, 6) is -0.743. The second-order valence-electron chi connectivity index (χ2n) is 9.50. The first-order chi connectivity index (χ1) is 19.2. The van der Waals surface area contributed by atoms with Gasteiger partial charge in [0.1, 0.15) is 0 Å². The van der Waals surface area contributed by atoms with Crippen LogP contribution in [-0.2, 0) is 20.9 Å². The molecule has 9 heteroatoms. The van der Waals surface area contributed by atoms with Crippen molar-refractivity contribution in [3.05, 3.63) is 88.5 Å². The van der Waals surface area contributed by atoms with Gasteiger partial charge in [-0.15, -0.1) is 0 Å². The predicted molar refractivity (Wildman–Crippen MR) is 156 cm³/mol. The Labute approximate surface area is 235 Å². The molecule has 0 aromatic heterocycles. The molecule has 3 rings (SSSR count). The van der Waals surface area contributed by atoms with Crippen LogP contribution in [-0.4, -0.2) is 37.1 Å². The fraction of sp³-hybridized carbons (Fsp3) is 0.290. The lowest BCUT2D eigenvalue weighted by Crippen LogP contribution is -2.37. The van der Waals surface area contributed by atoms with Crippen molar-refractivity contribution in [2.75, 3.05) is 18.5 Å². The van der Waals surface area contributed by atoms with Crippen molar-refractivity contribution >= 4 is 29.6 Å². The maximum atomic E-state index is 12.4. The van der Waals surface area contributed by atoms with Crippen molar-refractivity contribution in [1.29, 1.82) is 0 Å². The number of anilines is 1. The van der Waals surface area contributed by atoms with Crippen LogP contribution in [0.2, 0.25) is 0 Å². The Morgan fingerprint density at radius 2 is 1.68 bits per heavy atom. The fourth-order valence-electron chi connectivity index (χ4n) is 3.71. The quantitative estimate of drug-likeness (QED) is 0.185. The molecule has 210 valence electrons. The Morgan fingerprint density at radius 1 is 0.925 bits per heavy atom. The first kappa shape index (κ1) is 29.9. The molecule has 0 saturated heterocycles. The highest BCUT2D eigenvalue weighted by Crippen LogP contribution is 2.28. The summed E-state index contributed by atoms with van der Waals surface area (Å²) < 4.78 is 11.4. The van der Waals surface area contributed by atoms with Gasteiger partial charge in [0.05, 0.1) is 12.8 Å². The molecule has 40 heavy (non-hydrogen) atoms. The minimum Gasteiger partial charge on any atom is -0.490 e. The van der Waals surface area contributed by atoms with E-state index in [-0.39, 0.29) is 19.1 Å². The molecule has 0 unspecified atom stereocenters. The van der Waals surface area contributed by atoms with Crippen LogP contribution in [0, 0.1) is 13.8 Å². The lowest BCUT2D eigenvalue weighted by molar-refractivity contribution is -0.139. The largest absolute Gasteiger partial charge is 0.490 e. The van der Waals surface area contributed by atoms with Gasteiger partial charge in [-0.05, 0) is 78.8 Å². The summed E-state index contributed by atoms with van der Waals surface area (Å²) >= 11 is 0. The van der Waals surface area contributed by atoms with Gasteiger partial charge in [-0.25, -0.2) is 5.43 Å². The molecule has 3 aromatic carbocycles. The number of aryl methyl sites for hydroxylation is 1. The van der Waals surface area contributed by atoms with Gasteiger partial charge in [-0.2, -0.15) is 5.10 Å². The summed E-state index contributed by atoms with van der Waals surface area (Å²) in [4.78, 5) is 36.7. The number of carbonyl (C=O) groups is 3. The van der Waals surface area contributed by atoms with E-state index in [2.05, 4.69) is 35.0 Å². The van der Waals surface area contributed by atoms with Crippen LogP contribution in [0.5, 0.6) is 11.5 Å². The van der Waals surface area contributed by atoms with Crippen LogP contribution >= 0.6 is 0 Å². The Morgan fingerprint density at radius 3 is 2.38 bits per heavy atom. The van der Waals surface area contributed by atoms with Crippen LogP contribution in [0.15, 0.2) is 65.8 Å². The van der Waals surface area contributed by atoms with E-state index in [0.29, 0.717) is 29.6 Å². The SMILES string of the molecule is CCOc1cc(/C=N\NC(=O)C(=O)NCc2ccc(C(C)C)cc2)ccc1OCC(=O)Nc1cccc(C)c1C. The Bertz CT molecular complexity index is 1370. The number of nitrogens with one attached hydrogen (secondary N) is 3. The fourth-order valence-corrected chi connectivity index (χ4v) is 3.71. The van der Waals surface area contributed by atoms with Gasteiger partial charge in [0, 0.05) is 12.2 Å². The summed E-state index contributed by atoms with van der Waals surface area (Å²) in [5.41, 5.74) is 7.73. The number of hydrogen-bond donors (Lipinski definition) is 3. The molecule has 3 amide bonds. The number of nitrogens with zero attached hydrogens (tertiary/aromatic N) is 1. The van der Waals surface area contributed by atoms with Crippen LogP contribution in [0.3, 0.4) is 0 Å². The zero-order chi connectivity index (χ0) is 29.1. The van der Waals surface area contributed by atoms with E-state index in [1.807, 2.05) is 63.2 Å². The van der Waals surface area contributed by atoms with Gasteiger partial charge in [-0.3, -0.25) is 14.4 Å². The number of benzene rings is 3. The summed E-state index contributed by atoms with van der Waals surface area (Å²) in [5, 5.41) is 9.31. The van der Waals surface area contributed by atoms with Crippen molar-refractivity contribution in [1.82, 2.24) is 10.7 Å². The first-order valence-corrected chi connectivity index (χ1v) is 13.1. The lowest BCUT2D eigenvalue weighted by Gasteiger charge is -2.14. The third-order valence-corrected chi connectivity index (χ3v) is 6.19. The van der Waals surface area contributed by atoms with Crippen LogP contribution in [0.25, 0.3) is 0 Å². The zero-order valence-electron chi connectivity index (χ0n) is 23.5. The molecule has 0 bridgehead atoms. The topological polar surface area (TPSA) is 118 Å². The van der Waals surface area contributed by atoms with Crippen LogP contribution < -0.4 is 25.5 Å². The molecule has 0 aliphatic rings. The van der Waals surface area contributed by atoms with E-state index in [1.54, 1.807) is 18.2 Å². The van der Waals surface area contributed by atoms with E-state index in [1.165, 1.54) is 11.8 Å². The van der Waals surface area contributed by atoms with E-state index in [9.17, 15) is 14.4 Å². The highest BCUT2D eigenvalue weighted by atomic mass is 16.5. The zero-order valence-corrected chi connectivity index (χ0v) is 23.5. The predicted octanol–water partition coefficient (Wildman–Crippen LogP) is 4.61. The van der Waals surface area contributed by atoms with Gasteiger partial charge < -0.3 is 20.1 Å². The number of hydrogen-bond acceptors (Lipinski definition) is 6. The molecule has 0 spiro atoms. The normalized spacial score (nSPS) is 10.8. The molecule has 0 aliphatic carbocycles. The van der Waals surface area contributed by atoms with Gasteiger partial charge in [0.15, 0.2) is 18.1 Å². The molecular formula is C31H36N4O5. The molecule has 0 fully saturated rings. The van der Waals surface area contributed by atoms with E-state index in [0.717, 1.165) is 22.4 Å². The number of rotatable bonds is 11. The minimum absolute atomic E-state index is 0.200. The van der Waals surface area contributed by atoms with E-state index < -0.39 is 11.8 Å². The average Bonchev–Trinajstić information content (AvgIpc) is 2.94. The summed E-state index contributed by atoms with van der Waals surface area (Å²) in [6.07, 6.45) is 1.38. The molecule has 3 N–H and O–H groups in total. The number of amides is 3. The second-order valence-corrected chi connectivity index (χ2v) is 9.50. The van der Waals surface area contributed by atoms with Gasteiger partial charge >= 0.3 is 11.8 Å². The van der Waals surface area contributed by atoms with Crippen molar-refractivity contribution in [3.8, 4) is 11.5 Å². The van der Waals surface area contributed by atoms with Gasteiger partial charge in [0.2, 0.25) is 0 Å². The molecule has 0 atom stereocenters. The van der Waals surface area contributed by atoms with E-state index in [4.69, 9.17) is 9.47 Å². The highest BCUT2D eigenvalue weighted by Gasteiger charge is 2.13. The van der Waals surface area contributed by atoms with Crippen molar-refractivity contribution in [2.24, 2.45) is 5.10 Å². The first-order valence-electron chi connectivity index (χ1n) is 13.1. The third-order valence-electron chi connectivity index (χ3n) is 6.19. The number of ether oxygens (including phenoxy) is 2. The maximum Gasteiger partial charge on any atom is 0.329 e. The molecule has 0 heterocycles. The monoisotopic (exact) mass is 544 g/mol. The molecule has 9 nitrogen and oxygen atoms in total. The minimum atomic E-state index is -0.880. The standard InChI is InChI=1S/C31H36N4O5/c1-6-39-28-16-24(12-15-27(28)40-19-29(36)34-26-9-7-8-21(4)22(26)5)18-33-35-31(38)30(37)32-17-23-10-13-25(14-11-23)20(2)3/h7-16,18,20H,6,17,19H2,1-5H3,(H,32,37)(H,34,36)(H,35,38)/b33-18-. The second kappa shape index (κ2) is 14.5. The smallest absolute Gasteiger partial charge is 0.329 e. The molecular weight excluding hydrogens is 508 g/mol. The Kier molecular flexibility index (Phi) is 10.8. The van der Waals surface area contributed by atoms with Crippen molar-refractivity contribution < 1.29 is 23.9 Å². The Hall–Kier alpha value is -4.66. The molecule has 3 aromatic rings. The highest BCUT2D eigenvalue weighted by molar-refractivity contribution is 6.35.